The van der Waals surface area contributed by atoms with Crippen molar-refractivity contribution >= 4 is 85.1 Å². The fraction of sp³-hybridized carbons (Fsp3) is 0.321. The van der Waals surface area contributed by atoms with Gasteiger partial charge in [0, 0.05) is 42.9 Å². The van der Waals surface area contributed by atoms with Gasteiger partial charge in [0.15, 0.2) is 11.6 Å². The minimum atomic E-state index is -0.410. The minimum absolute atomic E-state index is 0.124. The standard InChI is InChI=1S/C28H29Cl3N6O2S/c1-5-36-8-10-37(11-9-36)17-6-7-19(15(2)12-17)34-27-26-23(32-14-33-27)18(13-40-26)28(38)35-24-20(29)16(3)21(30)25(39-4)22(24)31/h6-7,12-14H,5,8-11H2,1-4H3,(H,35,38)(H,32,33,34). The first-order valence-corrected chi connectivity index (χ1v) is 14.8. The summed E-state index contributed by atoms with van der Waals surface area (Å²) in [4.78, 5) is 27.1. The van der Waals surface area contributed by atoms with Crippen LogP contribution in [0.3, 0.4) is 0 Å². The number of fused-ring (bicyclic) bond motifs is 1. The van der Waals surface area contributed by atoms with E-state index in [1.54, 1.807) is 12.3 Å². The number of methoxy groups -OCH3 is 1. The molecule has 12 heteroatoms. The minimum Gasteiger partial charge on any atom is -0.494 e. The van der Waals surface area contributed by atoms with Crippen LogP contribution in [-0.2, 0) is 0 Å². The van der Waals surface area contributed by atoms with Crippen molar-refractivity contribution in [3.8, 4) is 5.75 Å². The number of carbonyl (C=O) groups excluding carboxylic acids is 1. The van der Waals surface area contributed by atoms with Gasteiger partial charge in [0.2, 0.25) is 0 Å². The molecule has 0 spiro atoms. The average molecular weight is 620 g/mol. The SMILES string of the molecule is CCN1CCN(c2ccc(Nc3ncnc4c(C(=O)Nc5c(Cl)c(C)c(Cl)c(OC)c5Cl)csc34)c(C)c2)CC1. The van der Waals surface area contributed by atoms with Crippen molar-refractivity contribution in [3.05, 3.63) is 61.7 Å². The highest BCUT2D eigenvalue weighted by Gasteiger charge is 2.24. The van der Waals surface area contributed by atoms with E-state index >= 15 is 0 Å². The van der Waals surface area contributed by atoms with Gasteiger partial charge in [-0.15, -0.1) is 11.3 Å². The maximum absolute atomic E-state index is 13.4. The molecule has 210 valence electrons. The molecular weight excluding hydrogens is 591 g/mol. The number of likely N-dealkylation sites (N-methyl/N-ethyl adjacent to an activating group) is 1. The number of nitrogens with zero attached hydrogens (tertiary/aromatic N) is 4. The van der Waals surface area contributed by atoms with Crippen molar-refractivity contribution in [2.75, 3.05) is 55.4 Å². The Morgan fingerprint density at radius 1 is 1.07 bits per heavy atom. The van der Waals surface area contributed by atoms with Crippen LogP contribution in [0.25, 0.3) is 10.2 Å². The Kier molecular flexibility index (Phi) is 8.58. The van der Waals surface area contributed by atoms with Crippen LogP contribution in [0.15, 0.2) is 29.9 Å². The first-order chi connectivity index (χ1) is 19.2. The Balaban J connectivity index is 1.38. The van der Waals surface area contributed by atoms with E-state index in [0.29, 0.717) is 27.5 Å². The number of amides is 1. The van der Waals surface area contributed by atoms with Crippen molar-refractivity contribution in [2.45, 2.75) is 20.8 Å². The predicted octanol–water partition coefficient (Wildman–Crippen LogP) is 7.41. The second-order valence-electron chi connectivity index (χ2n) is 9.52. The summed E-state index contributed by atoms with van der Waals surface area (Å²) in [5.74, 6) is 0.461. The number of carbonyl (C=O) groups is 1. The molecule has 1 aliphatic rings. The molecule has 1 fully saturated rings. The summed E-state index contributed by atoms with van der Waals surface area (Å²) in [7, 11) is 1.45. The topological polar surface area (TPSA) is 82.6 Å². The summed E-state index contributed by atoms with van der Waals surface area (Å²) in [6.45, 7) is 11.3. The maximum Gasteiger partial charge on any atom is 0.258 e. The molecule has 0 unspecified atom stereocenters. The van der Waals surface area contributed by atoms with Gasteiger partial charge in [0.25, 0.3) is 5.91 Å². The third-order valence-electron chi connectivity index (χ3n) is 7.18. The average Bonchev–Trinajstić information content (AvgIpc) is 3.41. The lowest BCUT2D eigenvalue weighted by Gasteiger charge is -2.35. The summed E-state index contributed by atoms with van der Waals surface area (Å²) in [5, 5.41) is 8.66. The van der Waals surface area contributed by atoms with Crippen LogP contribution >= 0.6 is 46.1 Å². The van der Waals surface area contributed by atoms with Crippen LogP contribution in [0.2, 0.25) is 15.1 Å². The Bertz CT molecular complexity index is 1590. The number of rotatable bonds is 7. The van der Waals surface area contributed by atoms with Crippen molar-refractivity contribution in [1.29, 1.82) is 0 Å². The zero-order valence-electron chi connectivity index (χ0n) is 22.6. The molecule has 1 aliphatic heterocycles. The number of ether oxygens (including phenoxy) is 1. The van der Waals surface area contributed by atoms with E-state index < -0.39 is 5.91 Å². The Labute approximate surface area is 252 Å². The van der Waals surface area contributed by atoms with Gasteiger partial charge in [-0.1, -0.05) is 41.7 Å². The number of aryl methyl sites for hydroxylation is 1. The van der Waals surface area contributed by atoms with E-state index in [9.17, 15) is 4.79 Å². The number of nitrogens with one attached hydrogen (secondary N) is 2. The molecule has 40 heavy (non-hydrogen) atoms. The van der Waals surface area contributed by atoms with Gasteiger partial charge in [-0.05, 0) is 49.7 Å². The van der Waals surface area contributed by atoms with Gasteiger partial charge in [0.05, 0.1) is 38.6 Å². The number of hydrogen-bond donors (Lipinski definition) is 2. The van der Waals surface area contributed by atoms with Gasteiger partial charge in [-0.25, -0.2) is 9.97 Å². The van der Waals surface area contributed by atoms with E-state index in [4.69, 9.17) is 39.5 Å². The van der Waals surface area contributed by atoms with Crippen molar-refractivity contribution in [1.82, 2.24) is 14.9 Å². The van der Waals surface area contributed by atoms with E-state index in [0.717, 1.165) is 48.7 Å². The Morgan fingerprint density at radius 2 is 1.82 bits per heavy atom. The largest absolute Gasteiger partial charge is 0.494 e. The van der Waals surface area contributed by atoms with Gasteiger partial charge < -0.3 is 25.2 Å². The van der Waals surface area contributed by atoms with Gasteiger partial charge in [-0.2, -0.15) is 0 Å². The zero-order chi connectivity index (χ0) is 28.6. The molecule has 4 aromatic rings. The molecule has 5 rings (SSSR count). The van der Waals surface area contributed by atoms with E-state index in [-0.39, 0.29) is 21.5 Å². The summed E-state index contributed by atoms with van der Waals surface area (Å²) in [6, 6.07) is 6.41. The molecule has 0 radical (unpaired) electrons. The lowest BCUT2D eigenvalue weighted by molar-refractivity contribution is 0.102. The zero-order valence-corrected chi connectivity index (χ0v) is 25.7. The fourth-order valence-electron chi connectivity index (χ4n) is 4.77. The number of halogens is 3. The Morgan fingerprint density at radius 3 is 2.50 bits per heavy atom. The summed E-state index contributed by atoms with van der Waals surface area (Å²) < 4.78 is 6.08. The van der Waals surface area contributed by atoms with Crippen LogP contribution in [-0.4, -0.2) is 60.6 Å². The number of anilines is 4. The second-order valence-corrected chi connectivity index (χ2v) is 11.5. The highest BCUT2D eigenvalue weighted by atomic mass is 35.5. The van der Waals surface area contributed by atoms with Crippen LogP contribution < -0.4 is 20.3 Å². The highest BCUT2D eigenvalue weighted by Crippen LogP contribution is 2.46. The van der Waals surface area contributed by atoms with Crippen molar-refractivity contribution < 1.29 is 9.53 Å². The molecule has 2 aromatic carbocycles. The van der Waals surface area contributed by atoms with E-state index in [1.807, 2.05) is 0 Å². The third-order valence-corrected chi connectivity index (χ3v) is 9.45. The molecule has 0 bridgehead atoms. The Hall–Kier alpha value is -2.82. The second kappa shape index (κ2) is 12.0. The van der Waals surface area contributed by atoms with Crippen LogP contribution in [0.1, 0.15) is 28.4 Å². The van der Waals surface area contributed by atoms with Crippen molar-refractivity contribution in [2.24, 2.45) is 0 Å². The molecule has 0 saturated carbocycles. The fourth-order valence-corrected chi connectivity index (χ4v) is 6.67. The number of benzene rings is 2. The molecule has 8 nitrogen and oxygen atoms in total. The summed E-state index contributed by atoms with van der Waals surface area (Å²) in [5.41, 5.74) is 4.94. The lowest BCUT2D eigenvalue weighted by Crippen LogP contribution is -2.46. The third kappa shape index (κ3) is 5.41. The normalized spacial score (nSPS) is 14.0. The summed E-state index contributed by atoms with van der Waals surface area (Å²) in [6.07, 6.45) is 1.44. The van der Waals surface area contributed by atoms with Gasteiger partial charge >= 0.3 is 0 Å². The highest BCUT2D eigenvalue weighted by molar-refractivity contribution is 7.18. The number of aromatic nitrogens is 2. The van der Waals surface area contributed by atoms with Crippen LogP contribution in [0, 0.1) is 13.8 Å². The maximum atomic E-state index is 13.4. The van der Waals surface area contributed by atoms with Gasteiger partial charge in [0.1, 0.15) is 11.3 Å². The molecule has 0 atom stereocenters. The number of piperazine rings is 1. The smallest absolute Gasteiger partial charge is 0.258 e. The van der Waals surface area contributed by atoms with Crippen LogP contribution in [0.5, 0.6) is 5.75 Å². The van der Waals surface area contributed by atoms with Crippen molar-refractivity contribution in [3.63, 3.8) is 0 Å². The molecule has 2 aromatic heterocycles. The number of hydrogen-bond acceptors (Lipinski definition) is 8. The summed E-state index contributed by atoms with van der Waals surface area (Å²) >= 11 is 20.6. The predicted molar refractivity (Wildman–Crippen MR) is 167 cm³/mol. The van der Waals surface area contributed by atoms with Crippen LogP contribution in [0.4, 0.5) is 22.9 Å². The quantitative estimate of drug-likeness (QED) is 0.223. The first-order valence-electron chi connectivity index (χ1n) is 12.8. The number of thiophene rings is 1. The molecule has 1 saturated heterocycles. The molecule has 1 amide bonds. The lowest BCUT2D eigenvalue weighted by atomic mass is 10.1. The molecule has 2 N–H and O–H groups in total. The van der Waals surface area contributed by atoms with Gasteiger partial charge in [-0.3, -0.25) is 4.79 Å². The first kappa shape index (κ1) is 28.7. The van der Waals surface area contributed by atoms with E-state index in [2.05, 4.69) is 62.4 Å². The molecule has 3 heterocycles. The monoisotopic (exact) mass is 618 g/mol. The molecular formula is C28H29Cl3N6O2S. The molecule has 0 aliphatic carbocycles. The van der Waals surface area contributed by atoms with E-state index in [1.165, 1.54) is 30.5 Å².